The SMILES string of the molecule is CNCC1(C)CC(N)C1. The van der Waals surface area contributed by atoms with E-state index in [1.807, 2.05) is 7.05 Å². The quantitative estimate of drug-likeness (QED) is 0.562. The van der Waals surface area contributed by atoms with Crippen molar-refractivity contribution in [3.8, 4) is 0 Å². The van der Waals surface area contributed by atoms with Gasteiger partial charge in [-0.3, -0.25) is 0 Å². The third-order valence-corrected chi connectivity index (χ3v) is 2.11. The number of hydrogen-bond donors (Lipinski definition) is 2. The van der Waals surface area contributed by atoms with Crippen LogP contribution < -0.4 is 11.1 Å². The van der Waals surface area contributed by atoms with Gasteiger partial charge in [0.15, 0.2) is 0 Å². The maximum Gasteiger partial charge on any atom is 0.00501 e. The first kappa shape index (κ1) is 7.03. The molecule has 0 aromatic heterocycles. The lowest BCUT2D eigenvalue weighted by Gasteiger charge is -2.43. The van der Waals surface area contributed by atoms with Gasteiger partial charge in [0.2, 0.25) is 0 Å². The molecule has 0 spiro atoms. The van der Waals surface area contributed by atoms with Crippen molar-refractivity contribution >= 4 is 0 Å². The summed E-state index contributed by atoms with van der Waals surface area (Å²) < 4.78 is 0. The summed E-state index contributed by atoms with van der Waals surface area (Å²) in [6, 6.07) is 0.475. The molecule has 9 heavy (non-hydrogen) atoms. The molecule has 0 aromatic rings. The number of nitrogens with two attached hydrogens (primary N) is 1. The Kier molecular flexibility index (Phi) is 1.78. The second kappa shape index (κ2) is 2.27. The minimum absolute atomic E-state index is 0.475. The van der Waals surface area contributed by atoms with Crippen LogP contribution in [0.1, 0.15) is 19.8 Å². The molecule has 0 bridgehead atoms. The third kappa shape index (κ3) is 1.43. The van der Waals surface area contributed by atoms with Crippen LogP contribution >= 0.6 is 0 Å². The van der Waals surface area contributed by atoms with Gasteiger partial charge < -0.3 is 11.1 Å². The molecule has 1 saturated carbocycles. The number of hydrogen-bond acceptors (Lipinski definition) is 2. The molecule has 0 aromatic carbocycles. The Bertz CT molecular complexity index is 89.6. The van der Waals surface area contributed by atoms with Gasteiger partial charge in [-0.1, -0.05) is 6.92 Å². The normalized spacial score (nSPS) is 42.3. The molecule has 0 heterocycles. The van der Waals surface area contributed by atoms with Crippen LogP contribution in [0.25, 0.3) is 0 Å². The first-order valence-electron chi connectivity index (χ1n) is 3.56. The average Bonchev–Trinajstić information content (AvgIpc) is 1.62. The Labute approximate surface area is 56.8 Å². The van der Waals surface area contributed by atoms with Gasteiger partial charge in [-0.2, -0.15) is 0 Å². The summed E-state index contributed by atoms with van der Waals surface area (Å²) in [5.74, 6) is 0. The van der Waals surface area contributed by atoms with Gasteiger partial charge in [0.05, 0.1) is 0 Å². The molecular formula is C7H16N2. The van der Waals surface area contributed by atoms with E-state index < -0.39 is 0 Å². The van der Waals surface area contributed by atoms with Crippen molar-refractivity contribution in [3.05, 3.63) is 0 Å². The van der Waals surface area contributed by atoms with Gasteiger partial charge >= 0.3 is 0 Å². The molecule has 2 heteroatoms. The monoisotopic (exact) mass is 128 g/mol. The lowest BCUT2D eigenvalue weighted by molar-refractivity contribution is 0.129. The highest BCUT2D eigenvalue weighted by Crippen LogP contribution is 2.38. The van der Waals surface area contributed by atoms with Crippen LogP contribution in [0, 0.1) is 5.41 Å². The highest BCUT2D eigenvalue weighted by molar-refractivity contribution is 4.93. The summed E-state index contributed by atoms with van der Waals surface area (Å²) in [4.78, 5) is 0. The van der Waals surface area contributed by atoms with Crippen LogP contribution in [0.3, 0.4) is 0 Å². The molecule has 1 aliphatic carbocycles. The molecule has 1 aliphatic rings. The van der Waals surface area contributed by atoms with Crippen LogP contribution in [-0.4, -0.2) is 19.6 Å². The van der Waals surface area contributed by atoms with E-state index in [1.54, 1.807) is 0 Å². The van der Waals surface area contributed by atoms with Gasteiger partial charge in [0.1, 0.15) is 0 Å². The average molecular weight is 128 g/mol. The molecule has 0 radical (unpaired) electrons. The molecule has 1 fully saturated rings. The zero-order chi connectivity index (χ0) is 6.91. The minimum Gasteiger partial charge on any atom is -0.328 e. The molecule has 0 amide bonds. The van der Waals surface area contributed by atoms with Crippen molar-refractivity contribution in [1.82, 2.24) is 5.32 Å². The Morgan fingerprint density at radius 1 is 1.67 bits per heavy atom. The third-order valence-electron chi connectivity index (χ3n) is 2.11. The van der Waals surface area contributed by atoms with E-state index >= 15 is 0 Å². The van der Waals surface area contributed by atoms with Crippen molar-refractivity contribution in [2.24, 2.45) is 11.1 Å². The standard InChI is InChI=1S/C7H16N2/c1-7(5-9-2)3-6(8)4-7/h6,9H,3-5,8H2,1-2H3. The van der Waals surface area contributed by atoms with E-state index in [9.17, 15) is 0 Å². The van der Waals surface area contributed by atoms with Crippen LogP contribution in [-0.2, 0) is 0 Å². The van der Waals surface area contributed by atoms with Crippen molar-refractivity contribution in [2.45, 2.75) is 25.8 Å². The summed E-state index contributed by atoms with van der Waals surface area (Å²) >= 11 is 0. The summed E-state index contributed by atoms with van der Waals surface area (Å²) in [6.45, 7) is 3.40. The zero-order valence-corrected chi connectivity index (χ0v) is 6.28. The fourth-order valence-electron chi connectivity index (χ4n) is 1.78. The van der Waals surface area contributed by atoms with E-state index in [-0.39, 0.29) is 0 Å². The summed E-state index contributed by atoms with van der Waals surface area (Å²) in [5.41, 5.74) is 6.16. The van der Waals surface area contributed by atoms with Crippen molar-refractivity contribution in [1.29, 1.82) is 0 Å². The second-order valence-electron chi connectivity index (χ2n) is 3.51. The predicted molar refractivity (Wildman–Crippen MR) is 39.2 cm³/mol. The summed E-state index contributed by atoms with van der Waals surface area (Å²) in [6.07, 6.45) is 2.38. The summed E-state index contributed by atoms with van der Waals surface area (Å²) in [5, 5.41) is 3.18. The van der Waals surface area contributed by atoms with Crippen molar-refractivity contribution < 1.29 is 0 Å². The molecule has 3 N–H and O–H groups in total. The smallest absolute Gasteiger partial charge is 0.00501 e. The van der Waals surface area contributed by atoms with Crippen molar-refractivity contribution in [2.75, 3.05) is 13.6 Å². The van der Waals surface area contributed by atoms with E-state index in [0.29, 0.717) is 11.5 Å². The van der Waals surface area contributed by atoms with Gasteiger partial charge in [-0.15, -0.1) is 0 Å². The fourth-order valence-corrected chi connectivity index (χ4v) is 1.78. The lowest BCUT2D eigenvalue weighted by Crippen LogP contribution is -2.48. The van der Waals surface area contributed by atoms with Crippen LogP contribution in [0.4, 0.5) is 0 Å². The largest absolute Gasteiger partial charge is 0.328 e. The number of rotatable bonds is 2. The van der Waals surface area contributed by atoms with Gasteiger partial charge in [-0.05, 0) is 25.3 Å². The van der Waals surface area contributed by atoms with Gasteiger partial charge in [0.25, 0.3) is 0 Å². The Balaban J connectivity index is 2.23. The van der Waals surface area contributed by atoms with Crippen LogP contribution in [0.5, 0.6) is 0 Å². The lowest BCUT2D eigenvalue weighted by atomic mass is 9.67. The van der Waals surface area contributed by atoms with Crippen LogP contribution in [0.15, 0.2) is 0 Å². The molecule has 0 unspecified atom stereocenters. The molecule has 2 nitrogen and oxygen atoms in total. The first-order valence-corrected chi connectivity index (χ1v) is 3.56. The Hall–Kier alpha value is -0.0800. The van der Waals surface area contributed by atoms with E-state index in [1.165, 1.54) is 12.8 Å². The van der Waals surface area contributed by atoms with E-state index in [4.69, 9.17) is 5.73 Å². The fraction of sp³-hybridized carbons (Fsp3) is 1.00. The zero-order valence-electron chi connectivity index (χ0n) is 6.28. The predicted octanol–water partition coefficient (Wildman–Crippen LogP) is 0.333. The second-order valence-corrected chi connectivity index (χ2v) is 3.51. The Morgan fingerprint density at radius 3 is 2.56 bits per heavy atom. The van der Waals surface area contributed by atoms with Gasteiger partial charge in [-0.25, -0.2) is 0 Å². The molecule has 54 valence electrons. The maximum absolute atomic E-state index is 5.66. The maximum atomic E-state index is 5.66. The molecule has 0 atom stereocenters. The Morgan fingerprint density at radius 2 is 2.22 bits per heavy atom. The van der Waals surface area contributed by atoms with E-state index in [0.717, 1.165) is 6.54 Å². The first-order chi connectivity index (χ1) is 4.16. The molecule has 1 rings (SSSR count). The molecule has 0 saturated heterocycles. The molecular weight excluding hydrogens is 112 g/mol. The van der Waals surface area contributed by atoms with Crippen LogP contribution in [0.2, 0.25) is 0 Å². The highest BCUT2D eigenvalue weighted by Gasteiger charge is 2.37. The number of nitrogens with one attached hydrogen (secondary N) is 1. The topological polar surface area (TPSA) is 38.0 Å². The van der Waals surface area contributed by atoms with Gasteiger partial charge in [0, 0.05) is 12.6 Å². The highest BCUT2D eigenvalue weighted by atomic mass is 14.9. The van der Waals surface area contributed by atoms with E-state index in [2.05, 4.69) is 12.2 Å². The summed E-state index contributed by atoms with van der Waals surface area (Å²) in [7, 11) is 2.00. The molecule has 0 aliphatic heterocycles. The van der Waals surface area contributed by atoms with Crippen molar-refractivity contribution in [3.63, 3.8) is 0 Å². The minimum atomic E-state index is 0.475.